The third kappa shape index (κ3) is 4.43. The Bertz CT molecular complexity index is 1050. The summed E-state index contributed by atoms with van der Waals surface area (Å²) < 4.78 is 1.76. The molecule has 0 atom stereocenters. The quantitative estimate of drug-likeness (QED) is 0.681. The topological polar surface area (TPSA) is 63.1 Å². The molecule has 0 saturated carbocycles. The number of carbonyl (C=O) groups excluding carboxylic acids is 1. The van der Waals surface area contributed by atoms with E-state index >= 15 is 0 Å². The fourth-order valence-corrected chi connectivity index (χ4v) is 3.67. The van der Waals surface area contributed by atoms with Gasteiger partial charge in [-0.3, -0.25) is 19.4 Å². The first kappa shape index (κ1) is 19.1. The summed E-state index contributed by atoms with van der Waals surface area (Å²) in [6.45, 7) is 5.31. The van der Waals surface area contributed by atoms with Gasteiger partial charge in [-0.25, -0.2) is 0 Å². The maximum atomic E-state index is 12.5. The van der Waals surface area contributed by atoms with E-state index in [0.717, 1.165) is 48.4 Å². The average molecular weight is 387 g/mol. The molecule has 148 valence electrons. The summed E-state index contributed by atoms with van der Waals surface area (Å²) in [5.74, 6) is -0.156. The molecule has 3 aromatic rings. The Labute approximate surface area is 170 Å². The number of benzene rings is 1. The number of aryl methyl sites for hydroxylation is 1. The standard InChI is InChI=1S/C23H25N5O/c1-3-28-11-9-17-12-21(6-4-19(17)16-28)26-23(29)7-5-18-13-24-10-8-22(18)20-14-25-27(2)15-20/h4-8,10,12-15H,3,9,11,16H2,1-2H3,(H,26,29)/b7-5+. The van der Waals surface area contributed by atoms with Gasteiger partial charge in [0.25, 0.3) is 0 Å². The van der Waals surface area contributed by atoms with Crippen LogP contribution < -0.4 is 5.32 Å². The zero-order valence-corrected chi connectivity index (χ0v) is 16.8. The second-order valence-electron chi connectivity index (χ2n) is 7.29. The van der Waals surface area contributed by atoms with Gasteiger partial charge in [0.1, 0.15) is 0 Å². The second kappa shape index (κ2) is 8.41. The molecular formula is C23H25N5O. The fourth-order valence-electron chi connectivity index (χ4n) is 3.67. The van der Waals surface area contributed by atoms with Gasteiger partial charge in [-0.05, 0) is 53.9 Å². The summed E-state index contributed by atoms with van der Waals surface area (Å²) >= 11 is 0. The molecule has 0 saturated heterocycles. The van der Waals surface area contributed by atoms with Gasteiger partial charge in [0.2, 0.25) is 5.91 Å². The van der Waals surface area contributed by atoms with Crippen molar-refractivity contribution in [2.45, 2.75) is 19.9 Å². The molecule has 4 rings (SSSR count). The SMILES string of the molecule is CCN1CCc2cc(NC(=O)/C=C/c3cnccc3-c3cnn(C)c3)ccc2C1. The lowest BCUT2D eigenvalue weighted by Gasteiger charge is -2.27. The first-order valence-corrected chi connectivity index (χ1v) is 9.88. The summed E-state index contributed by atoms with van der Waals surface area (Å²) in [5, 5.41) is 7.19. The Kier molecular flexibility index (Phi) is 5.53. The molecule has 1 amide bonds. The van der Waals surface area contributed by atoms with Gasteiger partial charge < -0.3 is 5.32 Å². The zero-order chi connectivity index (χ0) is 20.2. The van der Waals surface area contributed by atoms with E-state index in [4.69, 9.17) is 0 Å². The number of likely N-dealkylation sites (N-methyl/N-ethyl adjacent to an activating group) is 1. The first-order chi connectivity index (χ1) is 14.1. The molecule has 0 radical (unpaired) electrons. The van der Waals surface area contributed by atoms with Crippen LogP contribution in [0.3, 0.4) is 0 Å². The molecule has 6 nitrogen and oxygen atoms in total. The zero-order valence-electron chi connectivity index (χ0n) is 16.8. The van der Waals surface area contributed by atoms with Crippen LogP contribution in [-0.4, -0.2) is 38.7 Å². The van der Waals surface area contributed by atoms with Crippen molar-refractivity contribution in [2.24, 2.45) is 7.05 Å². The van der Waals surface area contributed by atoms with Crippen molar-refractivity contribution in [3.8, 4) is 11.1 Å². The Morgan fingerprint density at radius 3 is 2.93 bits per heavy atom. The minimum atomic E-state index is -0.156. The van der Waals surface area contributed by atoms with Gasteiger partial charge >= 0.3 is 0 Å². The van der Waals surface area contributed by atoms with Crippen LogP contribution >= 0.6 is 0 Å². The molecule has 29 heavy (non-hydrogen) atoms. The number of rotatable bonds is 5. The highest BCUT2D eigenvalue weighted by molar-refractivity contribution is 6.02. The largest absolute Gasteiger partial charge is 0.323 e. The number of hydrogen-bond acceptors (Lipinski definition) is 4. The highest BCUT2D eigenvalue weighted by Gasteiger charge is 2.15. The highest BCUT2D eigenvalue weighted by atomic mass is 16.1. The van der Waals surface area contributed by atoms with Gasteiger partial charge in [-0.15, -0.1) is 0 Å². The number of amides is 1. The molecule has 1 aliphatic heterocycles. The molecule has 1 N–H and O–H groups in total. The van der Waals surface area contributed by atoms with Crippen LogP contribution in [0.1, 0.15) is 23.6 Å². The van der Waals surface area contributed by atoms with Crippen molar-refractivity contribution in [2.75, 3.05) is 18.4 Å². The van der Waals surface area contributed by atoms with E-state index < -0.39 is 0 Å². The van der Waals surface area contributed by atoms with Crippen LogP contribution in [0.4, 0.5) is 5.69 Å². The minimum Gasteiger partial charge on any atom is -0.323 e. The van der Waals surface area contributed by atoms with E-state index in [1.165, 1.54) is 11.1 Å². The normalized spacial score (nSPS) is 14.1. The second-order valence-corrected chi connectivity index (χ2v) is 7.29. The van der Waals surface area contributed by atoms with Gasteiger partial charge in [0.05, 0.1) is 6.20 Å². The van der Waals surface area contributed by atoms with Crippen molar-refractivity contribution in [1.29, 1.82) is 0 Å². The average Bonchev–Trinajstić information content (AvgIpc) is 3.18. The van der Waals surface area contributed by atoms with Gasteiger partial charge in [-0.2, -0.15) is 5.10 Å². The van der Waals surface area contributed by atoms with Crippen molar-refractivity contribution in [3.05, 3.63) is 71.8 Å². The van der Waals surface area contributed by atoms with Gasteiger partial charge in [0.15, 0.2) is 0 Å². The molecule has 3 heterocycles. The first-order valence-electron chi connectivity index (χ1n) is 9.88. The van der Waals surface area contributed by atoms with Gasteiger partial charge in [-0.1, -0.05) is 13.0 Å². The monoisotopic (exact) mass is 387 g/mol. The molecule has 2 aromatic heterocycles. The van der Waals surface area contributed by atoms with Gasteiger partial charge in [0, 0.05) is 61.6 Å². The van der Waals surface area contributed by atoms with Crippen molar-refractivity contribution < 1.29 is 4.79 Å². The number of fused-ring (bicyclic) bond motifs is 1. The van der Waals surface area contributed by atoms with Crippen LogP contribution in [0.2, 0.25) is 0 Å². The number of aromatic nitrogens is 3. The van der Waals surface area contributed by atoms with E-state index in [1.54, 1.807) is 35.4 Å². The van der Waals surface area contributed by atoms with Crippen LogP contribution in [0, 0.1) is 0 Å². The Balaban J connectivity index is 1.46. The Morgan fingerprint density at radius 2 is 2.14 bits per heavy atom. The number of carbonyl (C=O) groups is 1. The number of hydrogen-bond donors (Lipinski definition) is 1. The lowest BCUT2D eigenvalue weighted by Crippen LogP contribution is -2.30. The third-order valence-corrected chi connectivity index (χ3v) is 5.29. The molecule has 0 bridgehead atoms. The number of pyridine rings is 1. The fraction of sp³-hybridized carbons (Fsp3) is 0.261. The number of anilines is 1. The lowest BCUT2D eigenvalue weighted by atomic mass is 9.99. The minimum absolute atomic E-state index is 0.156. The predicted octanol–water partition coefficient (Wildman–Crippen LogP) is 3.51. The summed E-state index contributed by atoms with van der Waals surface area (Å²) in [4.78, 5) is 19.1. The van der Waals surface area contributed by atoms with Crippen molar-refractivity contribution in [1.82, 2.24) is 19.7 Å². The molecular weight excluding hydrogens is 362 g/mol. The molecule has 0 spiro atoms. The Hall–Kier alpha value is -3.25. The summed E-state index contributed by atoms with van der Waals surface area (Å²) in [6.07, 6.45) is 11.6. The summed E-state index contributed by atoms with van der Waals surface area (Å²) in [7, 11) is 1.88. The number of nitrogens with zero attached hydrogens (tertiary/aromatic N) is 4. The number of nitrogens with one attached hydrogen (secondary N) is 1. The van der Waals surface area contributed by atoms with Crippen LogP contribution in [0.25, 0.3) is 17.2 Å². The molecule has 1 aliphatic rings. The van der Waals surface area contributed by atoms with E-state index in [-0.39, 0.29) is 5.91 Å². The maximum Gasteiger partial charge on any atom is 0.248 e. The third-order valence-electron chi connectivity index (χ3n) is 5.29. The van der Waals surface area contributed by atoms with Crippen LogP contribution in [0.15, 0.2) is 55.1 Å². The van der Waals surface area contributed by atoms with E-state index in [1.807, 2.05) is 25.4 Å². The molecule has 0 unspecified atom stereocenters. The molecule has 0 aliphatic carbocycles. The summed E-state index contributed by atoms with van der Waals surface area (Å²) in [5.41, 5.74) is 6.37. The van der Waals surface area contributed by atoms with Crippen molar-refractivity contribution in [3.63, 3.8) is 0 Å². The van der Waals surface area contributed by atoms with Crippen molar-refractivity contribution >= 4 is 17.7 Å². The predicted molar refractivity (Wildman–Crippen MR) is 115 cm³/mol. The molecule has 6 heteroatoms. The lowest BCUT2D eigenvalue weighted by molar-refractivity contribution is -0.111. The highest BCUT2D eigenvalue weighted by Crippen LogP contribution is 2.24. The van der Waals surface area contributed by atoms with E-state index in [2.05, 4.69) is 39.4 Å². The summed E-state index contributed by atoms with van der Waals surface area (Å²) in [6, 6.07) is 8.13. The van der Waals surface area contributed by atoms with E-state index in [9.17, 15) is 4.79 Å². The van der Waals surface area contributed by atoms with Crippen LogP contribution in [-0.2, 0) is 24.8 Å². The Morgan fingerprint density at radius 1 is 1.24 bits per heavy atom. The molecule has 1 aromatic carbocycles. The smallest absolute Gasteiger partial charge is 0.248 e. The van der Waals surface area contributed by atoms with E-state index in [0.29, 0.717) is 0 Å². The van der Waals surface area contributed by atoms with Crippen LogP contribution in [0.5, 0.6) is 0 Å². The molecule has 0 fully saturated rings. The maximum absolute atomic E-state index is 12.5.